The van der Waals surface area contributed by atoms with Gasteiger partial charge in [-0.1, -0.05) is 55.2 Å². The average molecular weight is 455 g/mol. The summed E-state index contributed by atoms with van der Waals surface area (Å²) in [6, 6.07) is 11.7. The number of nitrogens with zero attached hydrogens (tertiary/aromatic N) is 2. The Morgan fingerprint density at radius 1 is 1.03 bits per heavy atom. The number of carbonyl (C=O) groups is 1. The summed E-state index contributed by atoms with van der Waals surface area (Å²) in [5.74, 6) is -0.140. The van der Waals surface area contributed by atoms with Gasteiger partial charge in [0.25, 0.3) is 0 Å². The predicted molar refractivity (Wildman–Crippen MR) is 129 cm³/mol. The van der Waals surface area contributed by atoms with E-state index >= 15 is 0 Å². The fourth-order valence-electron chi connectivity index (χ4n) is 5.63. The minimum absolute atomic E-state index is 0.0265. The fourth-order valence-corrected chi connectivity index (χ4v) is 7.68. The van der Waals surface area contributed by atoms with Gasteiger partial charge in [0.15, 0.2) is 0 Å². The Morgan fingerprint density at radius 3 is 2.31 bits per heavy atom. The topological polar surface area (TPSA) is 57.7 Å². The Kier molecular flexibility index (Phi) is 6.46. The highest BCUT2D eigenvalue weighted by atomic mass is 32.2. The Morgan fingerprint density at radius 2 is 1.66 bits per heavy atom. The summed E-state index contributed by atoms with van der Waals surface area (Å²) >= 11 is 0. The van der Waals surface area contributed by atoms with Crippen LogP contribution in [0.1, 0.15) is 61.3 Å². The van der Waals surface area contributed by atoms with Crippen LogP contribution in [0.25, 0.3) is 0 Å². The van der Waals surface area contributed by atoms with E-state index in [9.17, 15) is 13.2 Å². The Balaban J connectivity index is 1.71. The van der Waals surface area contributed by atoms with Crippen LogP contribution in [0.5, 0.6) is 0 Å². The highest BCUT2D eigenvalue weighted by Crippen LogP contribution is 2.34. The van der Waals surface area contributed by atoms with Crippen molar-refractivity contribution < 1.29 is 13.2 Å². The molecule has 32 heavy (non-hydrogen) atoms. The maximum atomic E-state index is 14.0. The van der Waals surface area contributed by atoms with Crippen molar-refractivity contribution in [2.45, 2.75) is 83.2 Å². The molecule has 0 radical (unpaired) electrons. The van der Waals surface area contributed by atoms with Gasteiger partial charge in [0, 0.05) is 17.8 Å². The highest BCUT2D eigenvalue weighted by Gasteiger charge is 2.39. The summed E-state index contributed by atoms with van der Waals surface area (Å²) in [5.41, 5.74) is 4.59. The molecule has 1 heterocycles. The van der Waals surface area contributed by atoms with Crippen LogP contribution in [0.2, 0.25) is 0 Å². The quantitative estimate of drug-likeness (QED) is 0.645. The van der Waals surface area contributed by atoms with Gasteiger partial charge < -0.3 is 4.90 Å². The SMILES string of the molecule is Cc1cc(C)c(S(=O)(=O)N(CC(=O)N2c3ccccc3CC2C)C2CCCCC2)c(C)c1. The van der Waals surface area contributed by atoms with Gasteiger partial charge in [0.05, 0.1) is 11.4 Å². The van der Waals surface area contributed by atoms with E-state index in [0.717, 1.165) is 66.5 Å². The third-order valence-corrected chi connectivity index (χ3v) is 9.12. The summed E-state index contributed by atoms with van der Waals surface area (Å²) < 4.78 is 29.6. The second-order valence-electron chi connectivity index (χ2n) is 9.52. The van der Waals surface area contributed by atoms with Crippen molar-refractivity contribution in [2.24, 2.45) is 0 Å². The smallest absolute Gasteiger partial charge is 0.244 e. The van der Waals surface area contributed by atoms with Crippen LogP contribution in [-0.2, 0) is 21.2 Å². The number of sulfonamides is 1. The van der Waals surface area contributed by atoms with E-state index < -0.39 is 10.0 Å². The van der Waals surface area contributed by atoms with Crippen molar-refractivity contribution in [3.63, 3.8) is 0 Å². The number of para-hydroxylation sites is 1. The van der Waals surface area contributed by atoms with Crippen molar-refractivity contribution in [1.29, 1.82) is 0 Å². The Bertz CT molecular complexity index is 1100. The van der Waals surface area contributed by atoms with Crippen molar-refractivity contribution in [2.75, 3.05) is 11.4 Å². The lowest BCUT2D eigenvalue weighted by atomic mass is 9.95. The van der Waals surface area contributed by atoms with Gasteiger partial charge in [-0.15, -0.1) is 0 Å². The fraction of sp³-hybridized carbons (Fsp3) is 0.500. The third kappa shape index (κ3) is 4.23. The number of anilines is 1. The third-order valence-electron chi connectivity index (χ3n) is 6.92. The molecule has 5 nitrogen and oxygen atoms in total. The molecule has 1 fully saturated rings. The molecule has 1 amide bonds. The highest BCUT2D eigenvalue weighted by molar-refractivity contribution is 7.89. The number of fused-ring (bicyclic) bond motifs is 1. The van der Waals surface area contributed by atoms with Gasteiger partial charge in [-0.25, -0.2) is 8.42 Å². The molecule has 2 aromatic carbocycles. The lowest BCUT2D eigenvalue weighted by Gasteiger charge is -2.35. The standard InChI is InChI=1S/C26H34N2O3S/c1-18-14-19(2)26(20(3)15-18)32(30,31)27(23-11-6-5-7-12-23)17-25(29)28-21(4)16-22-10-8-9-13-24(22)28/h8-10,13-15,21,23H,5-7,11-12,16-17H2,1-4H3. The maximum absolute atomic E-state index is 14.0. The largest absolute Gasteiger partial charge is 0.308 e. The van der Waals surface area contributed by atoms with Crippen LogP contribution >= 0.6 is 0 Å². The summed E-state index contributed by atoms with van der Waals surface area (Å²) in [6.45, 7) is 7.61. The molecule has 0 spiro atoms. The number of carbonyl (C=O) groups excluding carboxylic acids is 1. The molecule has 0 N–H and O–H groups in total. The molecular weight excluding hydrogens is 420 g/mol. The molecule has 2 aromatic rings. The number of hydrogen-bond donors (Lipinski definition) is 0. The molecule has 1 aliphatic carbocycles. The molecule has 1 atom stereocenters. The first kappa shape index (κ1) is 23.0. The van der Waals surface area contributed by atoms with E-state index in [4.69, 9.17) is 0 Å². The molecule has 1 unspecified atom stereocenters. The second kappa shape index (κ2) is 8.99. The first-order valence-electron chi connectivity index (χ1n) is 11.7. The van der Waals surface area contributed by atoms with Crippen LogP contribution in [0.4, 0.5) is 5.69 Å². The molecule has 172 valence electrons. The Labute approximate surface area is 192 Å². The minimum atomic E-state index is -3.81. The number of hydrogen-bond acceptors (Lipinski definition) is 3. The average Bonchev–Trinajstić information content (AvgIpc) is 3.07. The van der Waals surface area contributed by atoms with Crippen molar-refractivity contribution >= 4 is 21.6 Å². The van der Waals surface area contributed by atoms with E-state index in [0.29, 0.717) is 4.90 Å². The van der Waals surface area contributed by atoms with Crippen LogP contribution in [0.3, 0.4) is 0 Å². The molecule has 0 aromatic heterocycles. The molecule has 1 aliphatic heterocycles. The summed E-state index contributed by atoms with van der Waals surface area (Å²) in [5, 5.41) is 0. The second-order valence-corrected chi connectivity index (χ2v) is 11.3. The minimum Gasteiger partial charge on any atom is -0.308 e. The molecule has 1 saturated carbocycles. The van der Waals surface area contributed by atoms with Gasteiger partial charge in [0.2, 0.25) is 15.9 Å². The zero-order valence-corrected chi connectivity index (χ0v) is 20.4. The van der Waals surface area contributed by atoms with Crippen molar-refractivity contribution in [3.8, 4) is 0 Å². The number of benzene rings is 2. The lowest BCUT2D eigenvalue weighted by molar-refractivity contribution is -0.119. The van der Waals surface area contributed by atoms with Crippen LogP contribution in [0.15, 0.2) is 41.3 Å². The molecule has 2 aliphatic rings. The molecule has 0 saturated heterocycles. The van der Waals surface area contributed by atoms with Gasteiger partial charge >= 0.3 is 0 Å². The number of aryl methyl sites for hydroxylation is 3. The summed E-state index contributed by atoms with van der Waals surface area (Å²) in [7, 11) is -3.81. The van der Waals surface area contributed by atoms with Gasteiger partial charge in [-0.05, 0) is 69.7 Å². The zero-order chi connectivity index (χ0) is 23.0. The summed E-state index contributed by atoms with van der Waals surface area (Å²) in [6.07, 6.45) is 5.54. The van der Waals surface area contributed by atoms with E-state index in [1.54, 1.807) is 4.90 Å². The van der Waals surface area contributed by atoms with Crippen LogP contribution < -0.4 is 4.90 Å². The number of amides is 1. The van der Waals surface area contributed by atoms with Crippen LogP contribution in [-0.4, -0.2) is 37.3 Å². The predicted octanol–water partition coefficient (Wildman–Crippen LogP) is 4.91. The van der Waals surface area contributed by atoms with Crippen LogP contribution in [0, 0.1) is 20.8 Å². The molecular formula is C26H34N2O3S. The summed E-state index contributed by atoms with van der Waals surface area (Å²) in [4.78, 5) is 15.8. The molecule has 0 bridgehead atoms. The number of rotatable bonds is 5. The van der Waals surface area contributed by atoms with E-state index in [1.807, 2.05) is 64.1 Å². The monoisotopic (exact) mass is 454 g/mol. The van der Waals surface area contributed by atoms with Gasteiger partial charge in [0.1, 0.15) is 0 Å². The van der Waals surface area contributed by atoms with Crippen molar-refractivity contribution in [1.82, 2.24) is 4.31 Å². The first-order chi connectivity index (χ1) is 15.2. The molecule has 6 heteroatoms. The van der Waals surface area contributed by atoms with E-state index in [1.165, 1.54) is 4.31 Å². The van der Waals surface area contributed by atoms with E-state index in [-0.39, 0.29) is 24.5 Å². The van der Waals surface area contributed by atoms with Crippen molar-refractivity contribution in [3.05, 3.63) is 58.7 Å². The van der Waals surface area contributed by atoms with Gasteiger partial charge in [-0.2, -0.15) is 4.31 Å². The van der Waals surface area contributed by atoms with Gasteiger partial charge in [-0.3, -0.25) is 4.79 Å². The van der Waals surface area contributed by atoms with E-state index in [2.05, 4.69) is 0 Å². The lowest BCUT2D eigenvalue weighted by Crippen LogP contribution is -2.49. The normalized spacial score (nSPS) is 19.4. The first-order valence-corrected chi connectivity index (χ1v) is 13.1. The molecule has 4 rings (SSSR count). The zero-order valence-electron chi connectivity index (χ0n) is 19.6. The maximum Gasteiger partial charge on any atom is 0.244 e. The Hall–Kier alpha value is -2.18.